The van der Waals surface area contributed by atoms with E-state index < -0.39 is 24.2 Å². The number of alkyl halides is 4. The average molecular weight is 415 g/mol. The maximum absolute atomic E-state index is 13.9. The Morgan fingerprint density at radius 3 is 2.03 bits per heavy atom. The monoisotopic (exact) mass is 414 g/mol. The molecule has 0 heterocycles. The Labute approximate surface area is 170 Å². The Morgan fingerprint density at radius 2 is 1.48 bits per heavy atom. The number of allylic oxidation sites excluding steroid dienone is 2. The zero-order valence-electron chi connectivity index (χ0n) is 16.8. The van der Waals surface area contributed by atoms with Crippen LogP contribution in [0.1, 0.15) is 87.7 Å². The summed E-state index contributed by atoms with van der Waals surface area (Å²) in [4.78, 5) is 0. The second kappa shape index (κ2) is 10.6. The zero-order chi connectivity index (χ0) is 20.8. The predicted molar refractivity (Wildman–Crippen MR) is 106 cm³/mol. The highest BCUT2D eigenvalue weighted by Gasteiger charge is 2.31. The van der Waals surface area contributed by atoms with E-state index in [1.807, 2.05) is 6.08 Å². The average Bonchev–Trinajstić information content (AvgIpc) is 2.71. The van der Waals surface area contributed by atoms with Crippen LogP contribution in [0, 0.1) is 23.6 Å². The molecule has 1 aromatic rings. The van der Waals surface area contributed by atoms with Gasteiger partial charge in [0.25, 0.3) is 6.43 Å². The number of rotatable bonds is 7. The summed E-state index contributed by atoms with van der Waals surface area (Å²) in [6.07, 6.45) is 8.33. The summed E-state index contributed by atoms with van der Waals surface area (Å²) in [5.74, 6) is 1.41. The van der Waals surface area contributed by atoms with Gasteiger partial charge < -0.3 is 0 Å². The zero-order valence-corrected chi connectivity index (χ0v) is 16.8. The molecule has 2 aliphatic rings. The summed E-state index contributed by atoms with van der Waals surface area (Å²) in [6, 6.07) is 4.21. The SMILES string of the molecule is Fc1cc(C2CCC(C3CCC(C=CCCC(F)F)CC3)CC2)ccc1C(F)F. The van der Waals surface area contributed by atoms with Gasteiger partial charge >= 0.3 is 0 Å². The third-order valence-corrected chi connectivity index (χ3v) is 6.95. The molecule has 0 unspecified atom stereocenters. The van der Waals surface area contributed by atoms with Crippen molar-refractivity contribution in [2.24, 2.45) is 17.8 Å². The van der Waals surface area contributed by atoms with E-state index in [9.17, 15) is 22.0 Å². The van der Waals surface area contributed by atoms with Crippen molar-refractivity contribution in [3.63, 3.8) is 0 Å². The van der Waals surface area contributed by atoms with E-state index in [1.165, 1.54) is 25.0 Å². The van der Waals surface area contributed by atoms with Gasteiger partial charge in [0, 0.05) is 6.42 Å². The van der Waals surface area contributed by atoms with Gasteiger partial charge in [-0.05, 0) is 93.1 Å². The highest BCUT2D eigenvalue weighted by atomic mass is 19.3. The van der Waals surface area contributed by atoms with E-state index in [2.05, 4.69) is 6.08 Å². The topological polar surface area (TPSA) is 0 Å². The van der Waals surface area contributed by atoms with Crippen molar-refractivity contribution in [1.82, 2.24) is 0 Å². The van der Waals surface area contributed by atoms with Gasteiger partial charge in [0.1, 0.15) is 5.82 Å². The van der Waals surface area contributed by atoms with Gasteiger partial charge in [-0.3, -0.25) is 0 Å². The van der Waals surface area contributed by atoms with Crippen LogP contribution >= 0.6 is 0 Å². The lowest BCUT2D eigenvalue weighted by molar-refractivity contribution is 0.139. The van der Waals surface area contributed by atoms with Crippen LogP contribution < -0.4 is 0 Å². The molecule has 2 aliphatic carbocycles. The normalized spacial score (nSPS) is 28.5. The Hall–Kier alpha value is -1.39. The van der Waals surface area contributed by atoms with Crippen LogP contribution in [0.15, 0.2) is 30.4 Å². The van der Waals surface area contributed by atoms with Crippen molar-refractivity contribution in [1.29, 1.82) is 0 Å². The van der Waals surface area contributed by atoms with Crippen LogP contribution in [0.3, 0.4) is 0 Å². The lowest BCUT2D eigenvalue weighted by Crippen LogP contribution is -2.25. The van der Waals surface area contributed by atoms with Crippen LogP contribution in [-0.4, -0.2) is 6.43 Å². The minimum atomic E-state index is -2.77. The van der Waals surface area contributed by atoms with Gasteiger partial charge in [-0.2, -0.15) is 0 Å². The molecule has 0 radical (unpaired) electrons. The summed E-state index contributed by atoms with van der Waals surface area (Å²) >= 11 is 0. The largest absolute Gasteiger partial charge is 0.266 e. The molecule has 0 aromatic heterocycles. The molecule has 0 N–H and O–H groups in total. The summed E-state index contributed by atoms with van der Waals surface area (Å²) in [6.45, 7) is 0. The minimum Gasteiger partial charge on any atom is -0.211 e. The van der Waals surface area contributed by atoms with Crippen LogP contribution in [0.5, 0.6) is 0 Å². The molecule has 0 aliphatic heterocycles. The van der Waals surface area contributed by atoms with Gasteiger partial charge in [0.15, 0.2) is 0 Å². The Morgan fingerprint density at radius 1 is 0.862 bits per heavy atom. The molecule has 0 bridgehead atoms. The minimum absolute atomic E-state index is 0.0517. The van der Waals surface area contributed by atoms with Crippen molar-refractivity contribution >= 4 is 0 Å². The highest BCUT2D eigenvalue weighted by molar-refractivity contribution is 5.28. The second-order valence-electron chi connectivity index (χ2n) is 8.76. The van der Waals surface area contributed by atoms with Gasteiger partial charge in [0.2, 0.25) is 6.43 Å². The standard InChI is InChI=1S/C24H31F5/c25-22-15-20(13-14-21(22)24(28)29)19-11-9-18(10-12-19)17-7-5-16(6-8-17)3-1-2-4-23(26)27/h1,3,13-19,23-24H,2,4-12H2. The molecule has 5 heteroatoms. The van der Waals surface area contributed by atoms with Crippen LogP contribution in [0.4, 0.5) is 22.0 Å². The van der Waals surface area contributed by atoms with Crippen LogP contribution in [0.2, 0.25) is 0 Å². The van der Waals surface area contributed by atoms with E-state index in [4.69, 9.17) is 0 Å². The Balaban J connectivity index is 1.43. The quantitative estimate of drug-likeness (QED) is 0.310. The number of benzene rings is 1. The fourth-order valence-electron chi connectivity index (χ4n) is 5.22. The van der Waals surface area contributed by atoms with Gasteiger partial charge in [-0.1, -0.05) is 24.3 Å². The molecule has 2 saturated carbocycles. The fraction of sp³-hybridized carbons (Fsp3) is 0.667. The molecule has 0 spiro atoms. The van der Waals surface area contributed by atoms with E-state index in [1.54, 1.807) is 6.07 Å². The molecule has 3 rings (SSSR count). The first-order valence-electron chi connectivity index (χ1n) is 11.0. The van der Waals surface area contributed by atoms with Crippen LogP contribution in [0.25, 0.3) is 0 Å². The summed E-state index contributed by atoms with van der Waals surface area (Å²) in [5, 5.41) is 0. The Kier molecular flexibility index (Phi) is 8.14. The van der Waals surface area contributed by atoms with E-state index in [-0.39, 0.29) is 12.3 Å². The molecular formula is C24H31F5. The lowest BCUT2D eigenvalue weighted by Gasteiger charge is -2.37. The summed E-state index contributed by atoms with van der Waals surface area (Å²) in [7, 11) is 0. The molecule has 1 aromatic carbocycles. The van der Waals surface area contributed by atoms with Crippen molar-refractivity contribution in [2.75, 3.05) is 0 Å². The third-order valence-electron chi connectivity index (χ3n) is 6.95. The maximum atomic E-state index is 13.9. The second-order valence-corrected chi connectivity index (χ2v) is 8.76. The highest BCUT2D eigenvalue weighted by Crippen LogP contribution is 2.44. The van der Waals surface area contributed by atoms with Crippen molar-refractivity contribution in [3.8, 4) is 0 Å². The predicted octanol–water partition coefficient (Wildman–Crippen LogP) is 8.45. The smallest absolute Gasteiger partial charge is 0.211 e. The fourth-order valence-corrected chi connectivity index (χ4v) is 5.22. The molecule has 0 atom stereocenters. The first-order valence-corrected chi connectivity index (χ1v) is 11.0. The molecule has 0 nitrogen and oxygen atoms in total. The first-order chi connectivity index (χ1) is 13.9. The summed E-state index contributed by atoms with van der Waals surface area (Å²) < 4.78 is 63.7. The van der Waals surface area contributed by atoms with E-state index in [0.717, 1.165) is 50.0 Å². The van der Waals surface area contributed by atoms with E-state index >= 15 is 0 Å². The molecule has 162 valence electrons. The molecule has 29 heavy (non-hydrogen) atoms. The number of hydrogen-bond acceptors (Lipinski definition) is 0. The molecular weight excluding hydrogens is 383 g/mol. The maximum Gasteiger partial charge on any atom is 0.266 e. The van der Waals surface area contributed by atoms with Crippen LogP contribution in [-0.2, 0) is 0 Å². The van der Waals surface area contributed by atoms with Crippen molar-refractivity contribution in [3.05, 3.63) is 47.3 Å². The third kappa shape index (κ3) is 6.29. The van der Waals surface area contributed by atoms with Gasteiger partial charge in [-0.15, -0.1) is 0 Å². The molecule has 0 saturated heterocycles. The molecule has 0 amide bonds. The number of halogens is 5. The van der Waals surface area contributed by atoms with Crippen molar-refractivity contribution in [2.45, 2.75) is 83.0 Å². The van der Waals surface area contributed by atoms with Gasteiger partial charge in [-0.25, -0.2) is 22.0 Å². The Bertz CT molecular complexity index is 653. The molecule has 2 fully saturated rings. The van der Waals surface area contributed by atoms with Gasteiger partial charge in [0.05, 0.1) is 5.56 Å². The summed E-state index contributed by atoms with van der Waals surface area (Å²) in [5.41, 5.74) is 0.338. The first kappa shape index (κ1) is 22.3. The van der Waals surface area contributed by atoms with E-state index in [0.29, 0.717) is 18.3 Å². The number of hydrogen-bond donors (Lipinski definition) is 0. The van der Waals surface area contributed by atoms with Crippen molar-refractivity contribution < 1.29 is 22.0 Å². The lowest BCUT2D eigenvalue weighted by atomic mass is 9.68.